The topological polar surface area (TPSA) is 75.4 Å². The molecule has 0 spiro atoms. The van der Waals surface area contributed by atoms with Crippen LogP contribution in [0.3, 0.4) is 0 Å². The van der Waals surface area contributed by atoms with Gasteiger partial charge in [-0.25, -0.2) is 0 Å². The van der Waals surface area contributed by atoms with E-state index >= 15 is 0 Å². The number of carbonyl (C=O) groups is 2. The van der Waals surface area contributed by atoms with Gasteiger partial charge in [-0.15, -0.1) is 0 Å². The Morgan fingerprint density at radius 2 is 1.92 bits per heavy atom. The van der Waals surface area contributed by atoms with Gasteiger partial charge in [0.1, 0.15) is 0 Å². The van der Waals surface area contributed by atoms with Gasteiger partial charge in [0, 0.05) is 30.7 Å². The minimum Gasteiger partial charge on any atom is -0.354 e. The lowest BCUT2D eigenvalue weighted by molar-refractivity contribution is -0.128. The van der Waals surface area contributed by atoms with E-state index < -0.39 is 0 Å². The highest BCUT2D eigenvalue weighted by Crippen LogP contribution is 2.41. The zero-order chi connectivity index (χ0) is 17.4. The van der Waals surface area contributed by atoms with Gasteiger partial charge in [-0.05, 0) is 49.1 Å². The molecule has 1 aromatic carbocycles. The number of amides is 2. The third-order valence-electron chi connectivity index (χ3n) is 6.34. The molecule has 1 heterocycles. The van der Waals surface area contributed by atoms with Crippen LogP contribution < -0.4 is 16.0 Å². The standard InChI is InChI=1S/C20H27N3O2/c21-19-14-5-3-6-15(19)11-16(10-14)20(25)22-8-9-23-17-7-2-1-4-13(17)12-18(23)24/h1-2,4,7,14-16,19H,3,5-6,8-12,21H2,(H,22,25). The van der Waals surface area contributed by atoms with Crippen LogP contribution in [0.2, 0.25) is 0 Å². The normalized spacial score (nSPS) is 30.9. The number of carbonyl (C=O) groups excluding carboxylic acids is 2. The molecule has 1 aromatic rings. The van der Waals surface area contributed by atoms with Crippen molar-refractivity contribution in [3.05, 3.63) is 29.8 Å². The lowest BCUT2D eigenvalue weighted by Crippen LogP contribution is -2.49. The summed E-state index contributed by atoms with van der Waals surface area (Å²) in [6, 6.07) is 8.17. The lowest BCUT2D eigenvalue weighted by atomic mass is 9.65. The van der Waals surface area contributed by atoms with E-state index in [4.69, 9.17) is 5.73 Å². The number of nitrogens with one attached hydrogen (secondary N) is 1. The molecule has 25 heavy (non-hydrogen) atoms. The van der Waals surface area contributed by atoms with Gasteiger partial charge in [0.2, 0.25) is 11.8 Å². The van der Waals surface area contributed by atoms with Crippen molar-refractivity contribution >= 4 is 17.5 Å². The molecule has 2 unspecified atom stereocenters. The summed E-state index contributed by atoms with van der Waals surface area (Å²) in [5.41, 5.74) is 8.38. The van der Waals surface area contributed by atoms with E-state index in [9.17, 15) is 9.59 Å². The third-order valence-corrected chi connectivity index (χ3v) is 6.34. The lowest BCUT2D eigenvalue weighted by Gasteiger charge is -2.43. The predicted molar refractivity (Wildman–Crippen MR) is 97.0 cm³/mol. The fourth-order valence-corrected chi connectivity index (χ4v) is 5.00. The average Bonchev–Trinajstić information content (AvgIpc) is 2.90. The summed E-state index contributed by atoms with van der Waals surface area (Å²) in [5.74, 6) is 1.37. The minimum atomic E-state index is 0.0941. The molecule has 3 N–H and O–H groups in total. The summed E-state index contributed by atoms with van der Waals surface area (Å²) in [7, 11) is 0. The molecular weight excluding hydrogens is 314 g/mol. The van der Waals surface area contributed by atoms with Crippen molar-refractivity contribution in [3.63, 3.8) is 0 Å². The molecule has 4 rings (SSSR count). The quantitative estimate of drug-likeness (QED) is 0.877. The average molecular weight is 341 g/mol. The highest BCUT2D eigenvalue weighted by Gasteiger charge is 2.40. The van der Waals surface area contributed by atoms with Crippen molar-refractivity contribution in [3.8, 4) is 0 Å². The fourth-order valence-electron chi connectivity index (χ4n) is 5.00. The van der Waals surface area contributed by atoms with E-state index in [1.165, 1.54) is 19.3 Å². The molecule has 2 aliphatic carbocycles. The highest BCUT2D eigenvalue weighted by molar-refractivity contribution is 6.01. The van der Waals surface area contributed by atoms with Crippen LogP contribution >= 0.6 is 0 Å². The Labute approximate surface area is 148 Å². The number of hydrogen-bond donors (Lipinski definition) is 2. The smallest absolute Gasteiger partial charge is 0.231 e. The number of anilines is 1. The van der Waals surface area contributed by atoms with Crippen LogP contribution in [0.5, 0.6) is 0 Å². The molecule has 0 aromatic heterocycles. The van der Waals surface area contributed by atoms with Crippen LogP contribution in [-0.4, -0.2) is 30.9 Å². The summed E-state index contributed by atoms with van der Waals surface area (Å²) in [6.07, 6.45) is 5.91. The minimum absolute atomic E-state index is 0.0941. The number of para-hydroxylation sites is 1. The first-order valence-corrected chi connectivity index (χ1v) is 9.55. The number of fused-ring (bicyclic) bond motifs is 3. The van der Waals surface area contributed by atoms with Crippen molar-refractivity contribution < 1.29 is 9.59 Å². The molecule has 0 saturated heterocycles. The summed E-state index contributed by atoms with van der Waals surface area (Å²) < 4.78 is 0. The number of rotatable bonds is 4. The van der Waals surface area contributed by atoms with Gasteiger partial charge >= 0.3 is 0 Å². The molecule has 2 saturated carbocycles. The van der Waals surface area contributed by atoms with Crippen molar-refractivity contribution in [2.24, 2.45) is 23.5 Å². The van der Waals surface area contributed by atoms with E-state index in [0.29, 0.717) is 31.3 Å². The Morgan fingerprint density at radius 1 is 1.20 bits per heavy atom. The maximum atomic E-state index is 12.6. The van der Waals surface area contributed by atoms with Gasteiger partial charge in [0.05, 0.1) is 6.42 Å². The zero-order valence-electron chi connectivity index (χ0n) is 14.6. The van der Waals surface area contributed by atoms with Gasteiger partial charge in [-0.1, -0.05) is 24.6 Å². The van der Waals surface area contributed by atoms with Gasteiger partial charge in [-0.2, -0.15) is 0 Å². The molecule has 1 aliphatic heterocycles. The maximum Gasteiger partial charge on any atom is 0.231 e. The molecule has 2 fully saturated rings. The van der Waals surface area contributed by atoms with Gasteiger partial charge in [-0.3, -0.25) is 9.59 Å². The van der Waals surface area contributed by atoms with E-state index in [0.717, 1.165) is 24.1 Å². The Hall–Kier alpha value is -1.88. The second-order valence-electron chi connectivity index (χ2n) is 7.84. The third kappa shape index (κ3) is 3.17. The van der Waals surface area contributed by atoms with E-state index in [2.05, 4.69) is 5.32 Å². The number of nitrogens with two attached hydrogens (primary N) is 1. The molecule has 5 heteroatoms. The Morgan fingerprint density at radius 3 is 2.68 bits per heavy atom. The fraction of sp³-hybridized carbons (Fsp3) is 0.600. The molecule has 2 amide bonds. The van der Waals surface area contributed by atoms with Crippen LogP contribution in [-0.2, 0) is 16.0 Å². The molecule has 5 nitrogen and oxygen atoms in total. The molecule has 134 valence electrons. The van der Waals surface area contributed by atoms with Gasteiger partial charge in [0.25, 0.3) is 0 Å². The maximum absolute atomic E-state index is 12.6. The van der Waals surface area contributed by atoms with Crippen LogP contribution in [0.4, 0.5) is 5.69 Å². The zero-order valence-corrected chi connectivity index (χ0v) is 14.6. The molecule has 2 bridgehead atoms. The number of nitrogens with zero attached hydrogens (tertiary/aromatic N) is 1. The van der Waals surface area contributed by atoms with Crippen LogP contribution in [0.1, 0.15) is 37.7 Å². The second kappa shape index (κ2) is 6.79. The monoisotopic (exact) mass is 341 g/mol. The van der Waals surface area contributed by atoms with Crippen LogP contribution in [0.15, 0.2) is 24.3 Å². The van der Waals surface area contributed by atoms with E-state index in [-0.39, 0.29) is 23.8 Å². The molecule has 0 radical (unpaired) electrons. The highest BCUT2D eigenvalue weighted by atomic mass is 16.2. The molecule has 3 aliphatic rings. The Bertz CT molecular complexity index is 661. The van der Waals surface area contributed by atoms with E-state index in [1.54, 1.807) is 4.90 Å². The van der Waals surface area contributed by atoms with Crippen molar-refractivity contribution in [1.29, 1.82) is 0 Å². The first kappa shape index (κ1) is 16.6. The first-order chi connectivity index (χ1) is 12.1. The Balaban J connectivity index is 1.30. The van der Waals surface area contributed by atoms with Crippen LogP contribution in [0, 0.1) is 17.8 Å². The summed E-state index contributed by atoms with van der Waals surface area (Å²) in [5, 5.41) is 3.06. The summed E-state index contributed by atoms with van der Waals surface area (Å²) >= 11 is 0. The Kier molecular flexibility index (Phi) is 4.50. The number of hydrogen-bond acceptors (Lipinski definition) is 3. The molecular formula is C20H27N3O2. The van der Waals surface area contributed by atoms with Crippen molar-refractivity contribution in [2.45, 2.75) is 44.6 Å². The van der Waals surface area contributed by atoms with Crippen molar-refractivity contribution in [1.82, 2.24) is 5.32 Å². The van der Waals surface area contributed by atoms with Crippen LogP contribution in [0.25, 0.3) is 0 Å². The van der Waals surface area contributed by atoms with E-state index in [1.807, 2.05) is 24.3 Å². The predicted octanol–water partition coefficient (Wildman–Crippen LogP) is 1.85. The summed E-state index contributed by atoms with van der Waals surface area (Å²) in [6.45, 7) is 1.05. The SMILES string of the molecule is NC1C2CCCC1CC(C(=O)NCCN1C(=O)Cc3ccccc31)C2. The number of benzene rings is 1. The molecule has 2 atom stereocenters. The van der Waals surface area contributed by atoms with Crippen molar-refractivity contribution in [2.75, 3.05) is 18.0 Å². The largest absolute Gasteiger partial charge is 0.354 e. The summed E-state index contributed by atoms with van der Waals surface area (Å²) in [4.78, 5) is 26.6. The first-order valence-electron chi connectivity index (χ1n) is 9.55. The van der Waals surface area contributed by atoms with Gasteiger partial charge < -0.3 is 16.0 Å². The second-order valence-corrected chi connectivity index (χ2v) is 7.84. The van der Waals surface area contributed by atoms with Gasteiger partial charge in [0.15, 0.2) is 0 Å².